The molecule has 2 aromatic carbocycles. The van der Waals surface area contributed by atoms with E-state index in [0.29, 0.717) is 0 Å². The van der Waals surface area contributed by atoms with Gasteiger partial charge in [-0.2, -0.15) is 4.57 Å². The van der Waals surface area contributed by atoms with Crippen LogP contribution in [-0.4, -0.2) is 7.25 Å². The van der Waals surface area contributed by atoms with Gasteiger partial charge in [0, 0.05) is 37.1 Å². The molecule has 0 atom stereocenters. The van der Waals surface area contributed by atoms with Crippen molar-refractivity contribution in [3.05, 3.63) is 82.2 Å². The van der Waals surface area contributed by atoms with Crippen LogP contribution in [0.5, 0.6) is 0 Å². The molecule has 3 aromatic rings. The van der Waals surface area contributed by atoms with Gasteiger partial charge in [-0.25, -0.2) is 0 Å². The van der Waals surface area contributed by atoms with Crippen LogP contribution in [0.25, 0.3) is 16.8 Å². The molecule has 0 bridgehead atoms. The maximum Gasteiger partial charge on any atom is 0.673 e. The first-order valence-electron chi connectivity index (χ1n) is 9.42. The first-order valence-corrected chi connectivity index (χ1v) is 9.42. The zero-order chi connectivity index (χ0) is 21.9. The zero-order valence-electron chi connectivity index (χ0n) is 17.7. The fourth-order valence-electron chi connectivity index (χ4n) is 3.69. The van der Waals surface area contributed by atoms with Crippen LogP contribution in [0, 0.1) is 41.5 Å². The van der Waals surface area contributed by atoms with Gasteiger partial charge in [-0.1, -0.05) is 35.4 Å². The van der Waals surface area contributed by atoms with Gasteiger partial charge in [-0.15, -0.1) is 0 Å². The Morgan fingerprint density at radius 3 is 1.41 bits per heavy atom. The minimum absolute atomic E-state index is 1.26. The van der Waals surface area contributed by atoms with E-state index in [9.17, 15) is 17.3 Å². The number of aromatic nitrogens is 1. The molecule has 6 heteroatoms. The molecule has 29 heavy (non-hydrogen) atoms. The average Bonchev–Trinajstić information content (AvgIpc) is 2.55. The molecule has 1 nitrogen and oxygen atoms in total. The number of hydrogen-bond acceptors (Lipinski definition) is 0. The Morgan fingerprint density at radius 1 is 0.586 bits per heavy atom. The van der Waals surface area contributed by atoms with E-state index in [0.717, 1.165) is 0 Å². The molecular formula is C23H26BF4N. The highest BCUT2D eigenvalue weighted by Crippen LogP contribution is 2.23. The second-order valence-electron chi connectivity index (χ2n) is 7.47. The average molecular weight is 403 g/mol. The van der Waals surface area contributed by atoms with Crippen molar-refractivity contribution in [2.75, 3.05) is 0 Å². The number of rotatable bonds is 2. The minimum Gasteiger partial charge on any atom is -0.418 e. The third kappa shape index (κ3) is 6.18. The van der Waals surface area contributed by atoms with Gasteiger partial charge in [0.05, 0.1) is 0 Å². The molecule has 154 valence electrons. The van der Waals surface area contributed by atoms with Crippen LogP contribution in [0.2, 0.25) is 0 Å². The maximum absolute atomic E-state index is 9.75. The number of aryl methyl sites for hydroxylation is 6. The van der Waals surface area contributed by atoms with Gasteiger partial charge < -0.3 is 17.3 Å². The van der Waals surface area contributed by atoms with Crippen molar-refractivity contribution in [2.24, 2.45) is 0 Å². The molecule has 1 heterocycles. The van der Waals surface area contributed by atoms with Gasteiger partial charge in [0.15, 0.2) is 11.4 Å². The smallest absolute Gasteiger partial charge is 0.418 e. The summed E-state index contributed by atoms with van der Waals surface area (Å²) in [6, 6.07) is 17.9. The summed E-state index contributed by atoms with van der Waals surface area (Å²) >= 11 is 0. The summed E-state index contributed by atoms with van der Waals surface area (Å²) in [5, 5.41) is 0. The highest BCUT2D eigenvalue weighted by atomic mass is 19.5. The summed E-state index contributed by atoms with van der Waals surface area (Å²) in [4.78, 5) is 0. The largest absolute Gasteiger partial charge is 0.673 e. The van der Waals surface area contributed by atoms with Crippen molar-refractivity contribution in [1.82, 2.24) is 0 Å². The molecule has 0 saturated heterocycles. The summed E-state index contributed by atoms with van der Waals surface area (Å²) in [6.45, 7) is 13.1. The third-order valence-corrected chi connectivity index (χ3v) is 4.68. The number of halogens is 4. The molecule has 0 radical (unpaired) electrons. The predicted molar refractivity (Wildman–Crippen MR) is 112 cm³/mol. The molecule has 0 fully saturated rings. The molecule has 0 aliphatic rings. The zero-order valence-corrected chi connectivity index (χ0v) is 17.7. The molecule has 0 aliphatic carbocycles. The van der Waals surface area contributed by atoms with E-state index in [2.05, 4.69) is 94.6 Å². The lowest BCUT2D eigenvalue weighted by atomic mass is 10.0. The van der Waals surface area contributed by atoms with Gasteiger partial charge in [-0.3, -0.25) is 0 Å². The lowest BCUT2D eigenvalue weighted by Gasteiger charge is -2.12. The number of hydrogen-bond donors (Lipinski definition) is 0. The van der Waals surface area contributed by atoms with Crippen molar-refractivity contribution >= 4 is 7.25 Å². The minimum atomic E-state index is -6.00. The summed E-state index contributed by atoms with van der Waals surface area (Å²) in [5.74, 6) is 0. The Labute approximate surface area is 170 Å². The second kappa shape index (κ2) is 8.81. The maximum atomic E-state index is 9.75. The molecule has 0 amide bonds. The van der Waals surface area contributed by atoms with Crippen molar-refractivity contribution in [3.63, 3.8) is 0 Å². The van der Waals surface area contributed by atoms with E-state index in [1.807, 2.05) is 0 Å². The molecular weight excluding hydrogens is 377 g/mol. The van der Waals surface area contributed by atoms with E-state index in [4.69, 9.17) is 0 Å². The highest BCUT2D eigenvalue weighted by molar-refractivity contribution is 6.50. The van der Waals surface area contributed by atoms with E-state index in [1.165, 1.54) is 50.5 Å². The third-order valence-electron chi connectivity index (χ3n) is 4.68. The lowest BCUT2D eigenvalue weighted by Crippen LogP contribution is -2.39. The topological polar surface area (TPSA) is 3.88 Å². The van der Waals surface area contributed by atoms with Crippen LogP contribution >= 0.6 is 0 Å². The van der Waals surface area contributed by atoms with Crippen molar-refractivity contribution in [1.29, 1.82) is 0 Å². The number of nitrogens with zero attached hydrogens (tertiary/aromatic N) is 1. The van der Waals surface area contributed by atoms with Crippen LogP contribution in [0.15, 0.2) is 48.5 Å². The van der Waals surface area contributed by atoms with Gasteiger partial charge >= 0.3 is 7.25 Å². The Morgan fingerprint density at radius 2 is 1.00 bits per heavy atom. The van der Waals surface area contributed by atoms with Gasteiger partial charge in [0.1, 0.15) is 0 Å². The summed E-state index contributed by atoms with van der Waals surface area (Å²) in [7, 11) is -6.00. The van der Waals surface area contributed by atoms with Crippen molar-refractivity contribution in [2.45, 2.75) is 41.5 Å². The van der Waals surface area contributed by atoms with Crippen molar-refractivity contribution in [3.8, 4) is 16.8 Å². The monoisotopic (exact) mass is 403 g/mol. The first kappa shape index (κ1) is 22.7. The molecule has 0 aliphatic heterocycles. The molecule has 0 saturated carbocycles. The fraction of sp³-hybridized carbons (Fsp3) is 0.261. The van der Waals surface area contributed by atoms with Crippen LogP contribution in [-0.2, 0) is 0 Å². The highest BCUT2D eigenvalue weighted by Gasteiger charge is 2.21. The predicted octanol–water partition coefficient (Wildman–Crippen LogP) is 6.78. The Hall–Kier alpha value is -2.63. The standard InChI is InChI=1S/C23H26N.BF4/c1-15-7-9-21(10-8-15)22-13-19(5)24(20(6)14-22)23-17(3)11-16(2)12-18(23)4;2-1(3,4)5/h7-14H,1-6H3;/q+1;-1. The van der Waals surface area contributed by atoms with Gasteiger partial charge in [-0.05, 0) is 51.0 Å². The van der Waals surface area contributed by atoms with E-state index < -0.39 is 7.25 Å². The number of pyridine rings is 1. The van der Waals surface area contributed by atoms with Gasteiger partial charge in [0.25, 0.3) is 0 Å². The van der Waals surface area contributed by atoms with Crippen LogP contribution in [0.4, 0.5) is 17.3 Å². The molecule has 0 unspecified atom stereocenters. The molecule has 3 rings (SSSR count). The Balaban J connectivity index is 0.000000537. The van der Waals surface area contributed by atoms with Crippen LogP contribution < -0.4 is 4.57 Å². The normalized spacial score (nSPS) is 11.1. The number of benzene rings is 2. The van der Waals surface area contributed by atoms with Crippen molar-refractivity contribution < 1.29 is 21.8 Å². The van der Waals surface area contributed by atoms with Crippen LogP contribution in [0.1, 0.15) is 33.6 Å². The Kier molecular flexibility index (Phi) is 6.88. The first-order chi connectivity index (χ1) is 13.4. The molecule has 0 spiro atoms. The second-order valence-corrected chi connectivity index (χ2v) is 7.47. The summed E-state index contributed by atoms with van der Waals surface area (Å²) in [6.07, 6.45) is 0. The van der Waals surface area contributed by atoms with Crippen LogP contribution in [0.3, 0.4) is 0 Å². The quantitative estimate of drug-likeness (QED) is 0.252. The van der Waals surface area contributed by atoms with E-state index in [1.54, 1.807) is 0 Å². The Bertz CT molecular complexity index is 956. The molecule has 0 N–H and O–H groups in total. The van der Waals surface area contributed by atoms with Gasteiger partial charge in [0.2, 0.25) is 5.69 Å². The molecule has 1 aromatic heterocycles. The fourth-order valence-corrected chi connectivity index (χ4v) is 3.69. The SMILES string of the molecule is Cc1ccc(-c2cc(C)[n+](-c3c(C)cc(C)cc3C)c(C)c2)cc1.F[B-](F)(F)F. The van der Waals surface area contributed by atoms with E-state index >= 15 is 0 Å². The van der Waals surface area contributed by atoms with E-state index in [-0.39, 0.29) is 0 Å². The summed E-state index contributed by atoms with van der Waals surface area (Å²) in [5.41, 5.74) is 11.7. The summed E-state index contributed by atoms with van der Waals surface area (Å²) < 4.78 is 41.4. The lowest BCUT2D eigenvalue weighted by molar-refractivity contribution is -0.610.